The van der Waals surface area contributed by atoms with E-state index >= 15 is 0 Å². The van der Waals surface area contributed by atoms with E-state index in [1.54, 1.807) is 0 Å². The first-order valence-electron chi connectivity index (χ1n) is 6.33. The van der Waals surface area contributed by atoms with E-state index in [0.29, 0.717) is 18.2 Å². The fourth-order valence-corrected chi connectivity index (χ4v) is 2.46. The number of rotatable bonds is 4. The van der Waals surface area contributed by atoms with Crippen LogP contribution in [0.4, 0.5) is 0 Å². The fourth-order valence-electron chi connectivity index (χ4n) is 2.46. The Labute approximate surface area is 92.5 Å². The van der Waals surface area contributed by atoms with Crippen molar-refractivity contribution in [2.75, 3.05) is 19.8 Å². The van der Waals surface area contributed by atoms with Gasteiger partial charge in [0.25, 0.3) is 0 Å². The molecule has 15 heavy (non-hydrogen) atoms. The van der Waals surface area contributed by atoms with E-state index in [-0.39, 0.29) is 0 Å². The van der Waals surface area contributed by atoms with Crippen molar-refractivity contribution in [1.29, 1.82) is 0 Å². The van der Waals surface area contributed by atoms with Crippen LogP contribution in [-0.4, -0.2) is 38.0 Å². The van der Waals surface area contributed by atoms with Crippen LogP contribution in [0.3, 0.4) is 0 Å². The first-order chi connectivity index (χ1) is 7.36. The average Bonchev–Trinajstić information content (AvgIpc) is 2.66. The summed E-state index contributed by atoms with van der Waals surface area (Å²) in [5.41, 5.74) is 0. The molecule has 0 aromatic rings. The maximum Gasteiger partial charge on any atom is 0.0700 e. The Balaban J connectivity index is 1.57. The first kappa shape index (κ1) is 11.4. The van der Waals surface area contributed by atoms with E-state index < -0.39 is 0 Å². The van der Waals surface area contributed by atoms with Gasteiger partial charge in [0.2, 0.25) is 0 Å². The zero-order valence-electron chi connectivity index (χ0n) is 9.71. The number of hydrogen-bond acceptors (Lipinski definition) is 3. The molecule has 1 N–H and O–H groups in total. The molecule has 3 unspecified atom stereocenters. The summed E-state index contributed by atoms with van der Waals surface area (Å²) in [7, 11) is 0. The Morgan fingerprint density at radius 2 is 2.07 bits per heavy atom. The summed E-state index contributed by atoms with van der Waals surface area (Å²) >= 11 is 0. The zero-order chi connectivity index (χ0) is 10.5. The normalized spacial score (nSPS) is 37.0. The van der Waals surface area contributed by atoms with Gasteiger partial charge < -0.3 is 14.8 Å². The quantitative estimate of drug-likeness (QED) is 0.771. The Kier molecular flexibility index (Phi) is 4.42. The van der Waals surface area contributed by atoms with Crippen molar-refractivity contribution in [1.82, 2.24) is 5.32 Å². The average molecular weight is 213 g/mol. The van der Waals surface area contributed by atoms with Crippen LogP contribution in [0.1, 0.15) is 39.0 Å². The second kappa shape index (κ2) is 5.83. The molecule has 3 nitrogen and oxygen atoms in total. The molecular weight excluding hydrogens is 190 g/mol. The van der Waals surface area contributed by atoms with Crippen LogP contribution in [0.25, 0.3) is 0 Å². The van der Waals surface area contributed by atoms with Gasteiger partial charge in [-0.1, -0.05) is 0 Å². The van der Waals surface area contributed by atoms with Crippen LogP contribution in [0.15, 0.2) is 0 Å². The molecule has 2 heterocycles. The van der Waals surface area contributed by atoms with Gasteiger partial charge in [-0.3, -0.25) is 0 Å². The van der Waals surface area contributed by atoms with Crippen molar-refractivity contribution < 1.29 is 9.47 Å². The standard InChI is InChI=1S/C12H23NO2/c1-10-12(6-9-14-10)13-7-5-11-4-2-3-8-15-11/h10-13H,2-9H2,1H3. The molecule has 0 amide bonds. The highest BCUT2D eigenvalue weighted by atomic mass is 16.5. The second-order valence-electron chi connectivity index (χ2n) is 4.70. The summed E-state index contributed by atoms with van der Waals surface area (Å²) < 4.78 is 11.2. The van der Waals surface area contributed by atoms with Gasteiger partial charge in [0, 0.05) is 19.3 Å². The lowest BCUT2D eigenvalue weighted by molar-refractivity contribution is 0.0107. The summed E-state index contributed by atoms with van der Waals surface area (Å²) in [6.45, 7) is 5.11. The third kappa shape index (κ3) is 3.44. The van der Waals surface area contributed by atoms with Crippen LogP contribution in [0.2, 0.25) is 0 Å². The molecule has 0 saturated carbocycles. The predicted molar refractivity (Wildman–Crippen MR) is 60.0 cm³/mol. The lowest BCUT2D eigenvalue weighted by atomic mass is 10.1. The number of ether oxygens (including phenoxy) is 2. The summed E-state index contributed by atoms with van der Waals surface area (Å²) in [4.78, 5) is 0. The van der Waals surface area contributed by atoms with Crippen molar-refractivity contribution in [3.8, 4) is 0 Å². The topological polar surface area (TPSA) is 30.5 Å². The van der Waals surface area contributed by atoms with Gasteiger partial charge in [0.05, 0.1) is 12.2 Å². The molecule has 2 fully saturated rings. The highest BCUT2D eigenvalue weighted by Gasteiger charge is 2.23. The smallest absolute Gasteiger partial charge is 0.0700 e. The van der Waals surface area contributed by atoms with E-state index in [0.717, 1.165) is 32.6 Å². The molecule has 2 aliphatic rings. The minimum Gasteiger partial charge on any atom is -0.378 e. The van der Waals surface area contributed by atoms with Crippen LogP contribution >= 0.6 is 0 Å². The molecule has 2 saturated heterocycles. The van der Waals surface area contributed by atoms with Gasteiger partial charge in [0.15, 0.2) is 0 Å². The number of nitrogens with one attached hydrogen (secondary N) is 1. The molecule has 0 spiro atoms. The molecule has 0 aromatic carbocycles. The van der Waals surface area contributed by atoms with Gasteiger partial charge in [-0.2, -0.15) is 0 Å². The lowest BCUT2D eigenvalue weighted by Crippen LogP contribution is -2.37. The van der Waals surface area contributed by atoms with Crippen molar-refractivity contribution >= 4 is 0 Å². The summed E-state index contributed by atoms with van der Waals surface area (Å²) in [5, 5.41) is 3.57. The summed E-state index contributed by atoms with van der Waals surface area (Å²) in [6, 6.07) is 0.564. The van der Waals surface area contributed by atoms with Gasteiger partial charge in [-0.15, -0.1) is 0 Å². The zero-order valence-corrected chi connectivity index (χ0v) is 9.71. The maximum absolute atomic E-state index is 5.70. The lowest BCUT2D eigenvalue weighted by Gasteiger charge is -2.24. The molecular formula is C12H23NO2. The third-order valence-corrected chi connectivity index (χ3v) is 3.52. The molecule has 0 radical (unpaired) electrons. The molecule has 2 rings (SSSR count). The van der Waals surface area contributed by atoms with E-state index in [2.05, 4.69) is 12.2 Å². The van der Waals surface area contributed by atoms with Crippen LogP contribution in [0.5, 0.6) is 0 Å². The van der Waals surface area contributed by atoms with Crippen LogP contribution in [0, 0.1) is 0 Å². The van der Waals surface area contributed by atoms with Gasteiger partial charge >= 0.3 is 0 Å². The Morgan fingerprint density at radius 1 is 1.13 bits per heavy atom. The third-order valence-electron chi connectivity index (χ3n) is 3.52. The van der Waals surface area contributed by atoms with Crippen LogP contribution in [-0.2, 0) is 9.47 Å². The van der Waals surface area contributed by atoms with E-state index in [1.165, 1.54) is 19.3 Å². The minimum absolute atomic E-state index is 0.386. The van der Waals surface area contributed by atoms with Crippen molar-refractivity contribution in [3.63, 3.8) is 0 Å². The van der Waals surface area contributed by atoms with Crippen molar-refractivity contribution in [3.05, 3.63) is 0 Å². The molecule has 0 aliphatic carbocycles. The largest absolute Gasteiger partial charge is 0.378 e. The van der Waals surface area contributed by atoms with Crippen LogP contribution < -0.4 is 5.32 Å². The van der Waals surface area contributed by atoms with E-state index in [4.69, 9.17) is 9.47 Å². The molecule has 2 aliphatic heterocycles. The van der Waals surface area contributed by atoms with E-state index in [1.807, 2.05) is 0 Å². The van der Waals surface area contributed by atoms with Gasteiger partial charge in [-0.05, 0) is 45.6 Å². The number of hydrogen-bond donors (Lipinski definition) is 1. The SMILES string of the molecule is CC1OCCC1NCCC1CCCCO1. The molecule has 0 bridgehead atoms. The highest BCUT2D eigenvalue weighted by molar-refractivity contribution is 4.79. The van der Waals surface area contributed by atoms with E-state index in [9.17, 15) is 0 Å². The summed E-state index contributed by atoms with van der Waals surface area (Å²) in [6.07, 6.45) is 7.04. The van der Waals surface area contributed by atoms with Gasteiger partial charge in [-0.25, -0.2) is 0 Å². The maximum atomic E-state index is 5.70. The Morgan fingerprint density at radius 3 is 2.73 bits per heavy atom. The molecule has 88 valence electrons. The molecule has 3 atom stereocenters. The Bertz CT molecular complexity index is 180. The first-order valence-corrected chi connectivity index (χ1v) is 6.33. The summed E-state index contributed by atoms with van der Waals surface area (Å²) in [5.74, 6) is 0. The minimum atomic E-state index is 0.386. The van der Waals surface area contributed by atoms with Crippen molar-refractivity contribution in [2.45, 2.75) is 57.3 Å². The molecule has 3 heteroatoms. The fraction of sp³-hybridized carbons (Fsp3) is 1.00. The monoisotopic (exact) mass is 213 g/mol. The van der Waals surface area contributed by atoms with Crippen molar-refractivity contribution in [2.24, 2.45) is 0 Å². The Hall–Kier alpha value is -0.120. The predicted octanol–water partition coefficient (Wildman–Crippen LogP) is 1.71. The molecule has 0 aromatic heterocycles. The second-order valence-corrected chi connectivity index (χ2v) is 4.70. The van der Waals surface area contributed by atoms with Gasteiger partial charge in [0.1, 0.15) is 0 Å². The highest BCUT2D eigenvalue weighted by Crippen LogP contribution is 2.16.